The van der Waals surface area contributed by atoms with Gasteiger partial charge in [-0.3, -0.25) is 9.52 Å². The summed E-state index contributed by atoms with van der Waals surface area (Å²) in [5.41, 5.74) is -0.564. The van der Waals surface area contributed by atoms with E-state index in [1.165, 1.54) is 11.7 Å². The van der Waals surface area contributed by atoms with Gasteiger partial charge in [-0.1, -0.05) is 16.8 Å². The summed E-state index contributed by atoms with van der Waals surface area (Å²) in [6.45, 7) is 2.29. The maximum absolute atomic E-state index is 12.0. The first-order chi connectivity index (χ1) is 9.13. The van der Waals surface area contributed by atoms with Gasteiger partial charge in [0.25, 0.3) is 0 Å². The fraction of sp³-hybridized carbons (Fsp3) is 0.250. The lowest BCUT2D eigenvalue weighted by atomic mass is 10.3. The van der Waals surface area contributed by atoms with Crippen LogP contribution in [0.15, 0.2) is 38.6 Å². The number of aryl methyl sites for hydroxylation is 1. The van der Waals surface area contributed by atoms with Gasteiger partial charge in [-0.15, -0.1) is 0 Å². The molecule has 2 rings (SSSR count). The van der Waals surface area contributed by atoms with E-state index in [1.54, 1.807) is 24.3 Å². The topological polar surface area (TPSA) is 94.5 Å². The van der Waals surface area contributed by atoms with Crippen molar-refractivity contribution in [3.8, 4) is 5.75 Å². The average molecular weight is 263 g/mol. The third-order valence-corrected chi connectivity index (χ3v) is 2.39. The van der Waals surface area contributed by atoms with Crippen molar-refractivity contribution < 1.29 is 19.0 Å². The monoisotopic (exact) mass is 263 g/mol. The SMILES string of the molecule is CCOc1ccccc1N=C([O-])c1c(=O)o[nH][n+]1C. The maximum Gasteiger partial charge on any atom is 0.435 e. The van der Waals surface area contributed by atoms with Crippen molar-refractivity contribution in [1.29, 1.82) is 0 Å². The van der Waals surface area contributed by atoms with E-state index in [0.29, 0.717) is 18.0 Å². The Balaban J connectivity index is 2.44. The van der Waals surface area contributed by atoms with E-state index in [0.717, 1.165) is 0 Å². The van der Waals surface area contributed by atoms with Crippen LogP contribution in [0.2, 0.25) is 0 Å². The third kappa shape index (κ3) is 2.65. The van der Waals surface area contributed by atoms with Crippen LogP contribution in [-0.2, 0) is 7.05 Å². The second-order valence-corrected chi connectivity index (χ2v) is 3.71. The van der Waals surface area contributed by atoms with Crippen molar-refractivity contribution in [2.24, 2.45) is 12.0 Å². The number of nitrogens with one attached hydrogen (secondary N) is 1. The fourth-order valence-corrected chi connectivity index (χ4v) is 1.56. The molecule has 0 amide bonds. The second-order valence-electron chi connectivity index (χ2n) is 3.71. The van der Waals surface area contributed by atoms with Crippen LogP contribution >= 0.6 is 0 Å². The summed E-state index contributed by atoms with van der Waals surface area (Å²) in [4.78, 5) is 15.2. The highest BCUT2D eigenvalue weighted by molar-refractivity contribution is 5.89. The second kappa shape index (κ2) is 5.38. The fourth-order valence-electron chi connectivity index (χ4n) is 1.56. The molecule has 1 N–H and O–H groups in total. The zero-order chi connectivity index (χ0) is 13.8. The van der Waals surface area contributed by atoms with Crippen LogP contribution in [0.1, 0.15) is 12.6 Å². The van der Waals surface area contributed by atoms with Gasteiger partial charge in [0.15, 0.2) is 7.05 Å². The third-order valence-electron chi connectivity index (χ3n) is 2.39. The van der Waals surface area contributed by atoms with Gasteiger partial charge in [-0.25, -0.2) is 4.79 Å². The number of aromatic amines is 1. The summed E-state index contributed by atoms with van der Waals surface area (Å²) >= 11 is 0. The number of benzene rings is 1. The zero-order valence-corrected chi connectivity index (χ0v) is 10.5. The number of aliphatic imine (C=N–C) groups is 1. The smallest absolute Gasteiger partial charge is 0.435 e. The molecular weight excluding hydrogens is 250 g/mol. The quantitative estimate of drug-likeness (QED) is 0.462. The molecule has 0 saturated carbocycles. The Hall–Kier alpha value is -2.57. The number of aromatic nitrogens is 2. The Morgan fingerprint density at radius 2 is 2.26 bits per heavy atom. The van der Waals surface area contributed by atoms with Crippen LogP contribution in [0.5, 0.6) is 5.75 Å². The molecule has 0 fully saturated rings. The van der Waals surface area contributed by atoms with Gasteiger partial charge in [0.1, 0.15) is 11.4 Å². The van der Waals surface area contributed by atoms with E-state index in [9.17, 15) is 9.90 Å². The Labute approximate surface area is 108 Å². The average Bonchev–Trinajstić information content (AvgIpc) is 2.72. The highest BCUT2D eigenvalue weighted by Gasteiger charge is 2.17. The molecule has 0 spiro atoms. The van der Waals surface area contributed by atoms with Crippen molar-refractivity contribution >= 4 is 11.6 Å². The largest absolute Gasteiger partial charge is 0.854 e. The normalized spacial score (nSPS) is 11.6. The highest BCUT2D eigenvalue weighted by Crippen LogP contribution is 2.26. The van der Waals surface area contributed by atoms with Gasteiger partial charge in [0.05, 0.1) is 12.5 Å². The van der Waals surface area contributed by atoms with E-state index >= 15 is 0 Å². The molecule has 7 heteroatoms. The van der Waals surface area contributed by atoms with Gasteiger partial charge >= 0.3 is 11.3 Å². The predicted octanol–water partition coefficient (Wildman–Crippen LogP) is -0.370. The minimum absolute atomic E-state index is 0.175. The molecule has 0 bridgehead atoms. The predicted molar refractivity (Wildman–Crippen MR) is 64.3 cm³/mol. The number of hydrogen-bond donors (Lipinski definition) is 1. The molecule has 0 aliphatic rings. The summed E-state index contributed by atoms with van der Waals surface area (Å²) in [6, 6.07) is 6.85. The Morgan fingerprint density at radius 1 is 1.53 bits per heavy atom. The lowest BCUT2D eigenvalue weighted by Gasteiger charge is -2.08. The summed E-state index contributed by atoms with van der Waals surface area (Å²) < 4.78 is 11.0. The van der Waals surface area contributed by atoms with E-state index in [4.69, 9.17) is 4.74 Å². The number of para-hydroxylation sites is 2. The van der Waals surface area contributed by atoms with Crippen molar-refractivity contribution in [3.05, 3.63) is 40.4 Å². The summed E-state index contributed by atoms with van der Waals surface area (Å²) in [5, 5.41) is 14.2. The number of hydrogen-bond acceptors (Lipinski definition) is 5. The molecule has 0 radical (unpaired) electrons. The molecule has 0 atom stereocenters. The molecule has 100 valence electrons. The molecule has 0 aliphatic carbocycles. The molecule has 7 nitrogen and oxygen atoms in total. The maximum atomic E-state index is 12.0. The van der Waals surface area contributed by atoms with Gasteiger partial charge in [0, 0.05) is 0 Å². The van der Waals surface area contributed by atoms with E-state index in [1.807, 2.05) is 6.92 Å². The molecule has 0 unspecified atom stereocenters. The van der Waals surface area contributed by atoms with Crippen molar-refractivity contribution in [3.63, 3.8) is 0 Å². The van der Waals surface area contributed by atoms with Crippen LogP contribution in [-0.4, -0.2) is 17.8 Å². The van der Waals surface area contributed by atoms with Crippen molar-refractivity contribution in [1.82, 2.24) is 5.27 Å². The summed E-state index contributed by atoms with van der Waals surface area (Å²) in [7, 11) is 1.49. The van der Waals surface area contributed by atoms with Gasteiger partial charge in [0.2, 0.25) is 0 Å². The highest BCUT2D eigenvalue weighted by atomic mass is 16.5. The molecule has 19 heavy (non-hydrogen) atoms. The molecule has 1 heterocycles. The zero-order valence-electron chi connectivity index (χ0n) is 10.5. The lowest BCUT2D eigenvalue weighted by Crippen LogP contribution is -2.43. The van der Waals surface area contributed by atoms with Gasteiger partial charge in [-0.05, 0) is 24.3 Å². The standard InChI is InChI=1S/C12H13N3O4/c1-3-18-9-7-5-4-6-8(9)13-11(16)10-12(17)19-14-15(10)2/h4-7H,3H2,1-2H3,(H-,13,14,16,17). The molecule has 1 aromatic carbocycles. The van der Waals surface area contributed by atoms with Crippen LogP contribution in [0.25, 0.3) is 0 Å². The first-order valence-electron chi connectivity index (χ1n) is 5.69. The van der Waals surface area contributed by atoms with Crippen molar-refractivity contribution in [2.45, 2.75) is 6.92 Å². The molecule has 2 aromatic rings. The van der Waals surface area contributed by atoms with Crippen LogP contribution in [0.3, 0.4) is 0 Å². The van der Waals surface area contributed by atoms with Crippen molar-refractivity contribution in [2.75, 3.05) is 6.61 Å². The molecule has 0 saturated heterocycles. The number of rotatable bonds is 4. The van der Waals surface area contributed by atoms with Gasteiger partial charge in [-0.2, -0.15) is 0 Å². The Bertz CT molecular complexity index is 657. The number of nitrogens with zero attached hydrogens (tertiary/aromatic N) is 2. The Morgan fingerprint density at radius 3 is 2.89 bits per heavy atom. The lowest BCUT2D eigenvalue weighted by molar-refractivity contribution is -0.742. The molecule has 0 aliphatic heterocycles. The van der Waals surface area contributed by atoms with E-state index < -0.39 is 11.5 Å². The minimum atomic E-state index is -0.759. The summed E-state index contributed by atoms with van der Waals surface area (Å²) in [5.74, 6) is -0.203. The summed E-state index contributed by atoms with van der Waals surface area (Å²) in [6.07, 6.45) is 0. The number of H-pyrrole nitrogens is 1. The number of ether oxygens (including phenoxy) is 1. The molecule has 1 aromatic heterocycles. The Kier molecular flexibility index (Phi) is 3.65. The minimum Gasteiger partial charge on any atom is -0.854 e. The molecular formula is C12H13N3O4. The van der Waals surface area contributed by atoms with E-state index in [-0.39, 0.29) is 5.69 Å². The van der Waals surface area contributed by atoms with Crippen LogP contribution in [0, 0.1) is 0 Å². The van der Waals surface area contributed by atoms with E-state index in [2.05, 4.69) is 14.8 Å². The first-order valence-corrected chi connectivity index (χ1v) is 5.69. The van der Waals surface area contributed by atoms with Crippen LogP contribution in [0.4, 0.5) is 5.69 Å². The van der Waals surface area contributed by atoms with Crippen LogP contribution < -0.4 is 20.2 Å². The first kappa shape index (κ1) is 12.9. The van der Waals surface area contributed by atoms with Gasteiger partial charge < -0.3 is 9.84 Å².